The van der Waals surface area contributed by atoms with Crippen LogP contribution in [-0.4, -0.2) is 53.3 Å². The van der Waals surface area contributed by atoms with E-state index < -0.39 is 0 Å². The van der Waals surface area contributed by atoms with Gasteiger partial charge in [0.15, 0.2) is 0 Å². The van der Waals surface area contributed by atoms with Gasteiger partial charge >= 0.3 is 0 Å². The number of nitrogens with one attached hydrogen (secondary N) is 1. The predicted molar refractivity (Wildman–Crippen MR) is 104 cm³/mol. The molecule has 0 aliphatic carbocycles. The van der Waals surface area contributed by atoms with Gasteiger partial charge in [-0.3, -0.25) is 4.79 Å². The van der Waals surface area contributed by atoms with Gasteiger partial charge in [0.1, 0.15) is 5.82 Å². The van der Waals surface area contributed by atoms with E-state index in [4.69, 9.17) is 5.10 Å². The van der Waals surface area contributed by atoms with Gasteiger partial charge < -0.3 is 9.80 Å². The normalized spacial score (nSPS) is 15.3. The van der Waals surface area contributed by atoms with Gasteiger partial charge in [-0.1, -0.05) is 26.3 Å². The Bertz CT molecular complexity index is 793. The number of piperazine rings is 1. The second-order valence-corrected chi connectivity index (χ2v) is 7.16. The van der Waals surface area contributed by atoms with E-state index in [2.05, 4.69) is 13.8 Å². The highest BCUT2D eigenvalue weighted by Gasteiger charge is 2.30. The summed E-state index contributed by atoms with van der Waals surface area (Å²) in [7, 11) is 0. The fourth-order valence-electron chi connectivity index (χ4n) is 3.85. The van der Waals surface area contributed by atoms with Gasteiger partial charge in [-0.25, -0.2) is 9.07 Å². The summed E-state index contributed by atoms with van der Waals surface area (Å²) in [6.45, 7) is 10.9. The van der Waals surface area contributed by atoms with Crippen molar-refractivity contribution in [1.82, 2.24) is 14.7 Å². The molecule has 2 heterocycles. The average Bonchev–Trinajstić information content (AvgIpc) is 3.06. The summed E-state index contributed by atoms with van der Waals surface area (Å²) in [4.78, 5) is 16.9. The molecule has 146 valence electrons. The molecule has 1 aliphatic rings. The summed E-state index contributed by atoms with van der Waals surface area (Å²) < 4.78 is 15.5. The van der Waals surface area contributed by atoms with Crippen molar-refractivity contribution in [2.75, 3.05) is 32.7 Å². The van der Waals surface area contributed by atoms with Crippen LogP contribution < -0.4 is 4.90 Å². The van der Waals surface area contributed by atoms with Crippen molar-refractivity contribution in [1.29, 1.82) is 0 Å². The van der Waals surface area contributed by atoms with Crippen LogP contribution in [0.1, 0.15) is 48.9 Å². The van der Waals surface area contributed by atoms with Crippen LogP contribution in [0.5, 0.6) is 0 Å². The van der Waals surface area contributed by atoms with Gasteiger partial charge in [0.2, 0.25) is 0 Å². The van der Waals surface area contributed by atoms with E-state index in [0.717, 1.165) is 62.5 Å². The lowest BCUT2D eigenvalue weighted by Crippen LogP contribution is -3.14. The summed E-state index contributed by atoms with van der Waals surface area (Å²) in [5.41, 5.74) is 3.10. The number of hydrogen-bond acceptors (Lipinski definition) is 2. The zero-order valence-corrected chi connectivity index (χ0v) is 16.6. The van der Waals surface area contributed by atoms with Gasteiger partial charge in [0.05, 0.1) is 55.4 Å². The van der Waals surface area contributed by atoms with Crippen molar-refractivity contribution in [3.8, 4) is 5.69 Å². The summed E-state index contributed by atoms with van der Waals surface area (Å²) in [5, 5.41) is 4.73. The Balaban J connectivity index is 1.99. The van der Waals surface area contributed by atoms with Crippen LogP contribution in [0, 0.1) is 5.82 Å². The highest BCUT2D eigenvalue weighted by Crippen LogP contribution is 2.23. The third kappa shape index (κ3) is 4.05. The molecule has 1 amide bonds. The Morgan fingerprint density at radius 1 is 1.22 bits per heavy atom. The monoisotopic (exact) mass is 373 g/mol. The van der Waals surface area contributed by atoms with Crippen LogP contribution in [0.2, 0.25) is 0 Å². The molecule has 1 aliphatic heterocycles. The molecular weight excluding hydrogens is 343 g/mol. The van der Waals surface area contributed by atoms with Crippen molar-refractivity contribution in [3.05, 3.63) is 47.0 Å². The first-order valence-electron chi connectivity index (χ1n) is 10.1. The molecule has 3 rings (SSSR count). The molecule has 1 fully saturated rings. The molecule has 1 N–H and O–H groups in total. The molecule has 0 spiro atoms. The highest BCUT2D eigenvalue weighted by atomic mass is 19.1. The molecule has 1 saturated heterocycles. The summed E-state index contributed by atoms with van der Waals surface area (Å²) in [6, 6.07) is 6.41. The zero-order chi connectivity index (χ0) is 19.4. The van der Waals surface area contributed by atoms with Crippen LogP contribution in [-0.2, 0) is 12.8 Å². The van der Waals surface area contributed by atoms with Gasteiger partial charge in [-0.05, 0) is 38.0 Å². The lowest BCUT2D eigenvalue weighted by Gasteiger charge is -2.31. The number of rotatable bonds is 6. The maximum Gasteiger partial charge on any atom is 0.258 e. The SMILES string of the molecule is CCCc1nn(-c2cccc(F)c2)c(CC)c1C(=O)N1CC[NH+](CC)CC1. The molecule has 1 aromatic carbocycles. The Morgan fingerprint density at radius 3 is 2.56 bits per heavy atom. The van der Waals surface area contributed by atoms with Gasteiger partial charge in [0.25, 0.3) is 5.91 Å². The molecule has 5 nitrogen and oxygen atoms in total. The summed E-state index contributed by atoms with van der Waals surface area (Å²) >= 11 is 0. The first kappa shape index (κ1) is 19.5. The lowest BCUT2D eigenvalue weighted by atomic mass is 10.1. The minimum atomic E-state index is -0.298. The van der Waals surface area contributed by atoms with Crippen LogP contribution >= 0.6 is 0 Å². The van der Waals surface area contributed by atoms with Crippen LogP contribution in [0.15, 0.2) is 24.3 Å². The number of benzene rings is 1. The number of quaternary nitrogens is 1. The maximum atomic E-state index is 13.7. The second kappa shape index (κ2) is 8.65. The van der Waals surface area contributed by atoms with E-state index in [0.29, 0.717) is 12.1 Å². The van der Waals surface area contributed by atoms with Crippen LogP contribution in [0.25, 0.3) is 5.69 Å². The standard InChI is InChI=1S/C21H29FN4O/c1-4-8-18-20(21(27)25-13-11-24(6-3)12-14-25)19(5-2)26(23-18)17-10-7-9-16(22)15-17/h7,9-10,15H,4-6,8,11-14H2,1-3H3/p+1. The minimum absolute atomic E-state index is 0.0770. The largest absolute Gasteiger partial charge is 0.332 e. The number of aromatic nitrogens is 2. The zero-order valence-electron chi connectivity index (χ0n) is 16.6. The topological polar surface area (TPSA) is 42.6 Å². The maximum absolute atomic E-state index is 13.7. The quantitative estimate of drug-likeness (QED) is 0.840. The molecular formula is C21H30FN4O+. The number of hydrogen-bond donors (Lipinski definition) is 1. The van der Waals surface area contributed by atoms with Crippen molar-refractivity contribution < 1.29 is 14.1 Å². The smallest absolute Gasteiger partial charge is 0.258 e. The van der Waals surface area contributed by atoms with Crippen molar-refractivity contribution in [2.45, 2.75) is 40.0 Å². The number of likely N-dealkylation sites (N-methyl/N-ethyl adjacent to an activating group) is 1. The third-order valence-electron chi connectivity index (χ3n) is 5.40. The van der Waals surface area contributed by atoms with E-state index >= 15 is 0 Å². The lowest BCUT2D eigenvalue weighted by molar-refractivity contribution is -0.902. The number of halogens is 1. The molecule has 0 saturated carbocycles. The summed E-state index contributed by atoms with van der Waals surface area (Å²) in [5.74, 6) is -0.221. The van der Waals surface area contributed by atoms with Crippen LogP contribution in [0.3, 0.4) is 0 Å². The molecule has 27 heavy (non-hydrogen) atoms. The molecule has 0 radical (unpaired) electrons. The predicted octanol–water partition coefficient (Wildman–Crippen LogP) is 1.89. The average molecular weight is 373 g/mol. The number of amides is 1. The fourth-order valence-corrected chi connectivity index (χ4v) is 3.85. The molecule has 0 atom stereocenters. The van der Waals surface area contributed by atoms with Crippen molar-refractivity contribution in [3.63, 3.8) is 0 Å². The van der Waals surface area contributed by atoms with E-state index in [1.54, 1.807) is 15.6 Å². The number of carbonyl (C=O) groups is 1. The minimum Gasteiger partial charge on any atom is -0.332 e. The van der Waals surface area contributed by atoms with E-state index in [1.165, 1.54) is 12.1 Å². The summed E-state index contributed by atoms with van der Waals surface area (Å²) in [6.07, 6.45) is 2.34. The van der Waals surface area contributed by atoms with E-state index in [-0.39, 0.29) is 11.7 Å². The highest BCUT2D eigenvalue weighted by molar-refractivity contribution is 5.96. The molecule has 0 unspecified atom stereocenters. The molecule has 6 heteroatoms. The molecule has 1 aromatic heterocycles. The van der Waals surface area contributed by atoms with Crippen molar-refractivity contribution >= 4 is 5.91 Å². The fraction of sp³-hybridized carbons (Fsp3) is 0.524. The number of aryl methyl sites for hydroxylation is 1. The third-order valence-corrected chi connectivity index (χ3v) is 5.40. The van der Waals surface area contributed by atoms with Crippen LogP contribution in [0.4, 0.5) is 4.39 Å². The number of carbonyl (C=O) groups excluding carboxylic acids is 1. The Kier molecular flexibility index (Phi) is 6.26. The Morgan fingerprint density at radius 2 is 1.96 bits per heavy atom. The van der Waals surface area contributed by atoms with Crippen molar-refractivity contribution in [2.24, 2.45) is 0 Å². The second-order valence-electron chi connectivity index (χ2n) is 7.16. The first-order chi connectivity index (χ1) is 13.1. The Labute approximate surface area is 160 Å². The van der Waals surface area contributed by atoms with Gasteiger partial charge in [0, 0.05) is 0 Å². The number of nitrogens with zero attached hydrogens (tertiary/aromatic N) is 3. The van der Waals surface area contributed by atoms with Gasteiger partial charge in [-0.2, -0.15) is 5.10 Å². The molecule has 2 aromatic rings. The van der Waals surface area contributed by atoms with Gasteiger partial charge in [-0.15, -0.1) is 0 Å². The Hall–Kier alpha value is -2.21. The molecule has 0 bridgehead atoms. The van der Waals surface area contributed by atoms with E-state index in [1.807, 2.05) is 17.9 Å². The first-order valence-corrected chi connectivity index (χ1v) is 10.1. The van der Waals surface area contributed by atoms with E-state index in [9.17, 15) is 9.18 Å².